The molecule has 0 saturated heterocycles. The molecule has 0 aliphatic heterocycles. The minimum atomic E-state index is -0.643. The average molecular weight is 316 g/mol. The normalized spacial score (nSPS) is 37.1. The maximum atomic E-state index is 12.3. The second-order valence-electron chi connectivity index (χ2n) is 7.87. The van der Waals surface area contributed by atoms with Gasteiger partial charge in [0.15, 0.2) is 0 Å². The van der Waals surface area contributed by atoms with Gasteiger partial charge in [-0.05, 0) is 74.3 Å². The molecule has 0 radical (unpaired) electrons. The molecule has 1 saturated carbocycles. The third-order valence-corrected chi connectivity index (χ3v) is 7.01. The lowest BCUT2D eigenvalue weighted by Crippen LogP contribution is -2.54. The largest absolute Gasteiger partial charge is 0.481 e. The van der Waals surface area contributed by atoms with E-state index in [0.29, 0.717) is 5.92 Å². The number of rotatable bonds is 4. The molecular weight excluding hydrogens is 288 g/mol. The Morgan fingerprint density at radius 2 is 2.22 bits per heavy atom. The molecule has 3 nitrogen and oxygen atoms in total. The molecule has 4 atom stereocenters. The van der Waals surface area contributed by atoms with Gasteiger partial charge in [-0.3, -0.25) is 4.79 Å². The molecule has 1 aromatic rings. The number of aryl methyl sites for hydroxylation is 1. The van der Waals surface area contributed by atoms with E-state index in [1.807, 2.05) is 19.3 Å². The maximum absolute atomic E-state index is 12.3. The quantitative estimate of drug-likeness (QED) is 0.788. The first-order valence-electron chi connectivity index (χ1n) is 8.83. The van der Waals surface area contributed by atoms with Gasteiger partial charge in [-0.25, -0.2) is 0 Å². The van der Waals surface area contributed by atoms with Gasteiger partial charge < -0.3 is 9.52 Å². The molecule has 1 N–H and O–H groups in total. The number of carboxylic acids is 1. The molecule has 0 aromatic carbocycles. The second-order valence-corrected chi connectivity index (χ2v) is 7.87. The van der Waals surface area contributed by atoms with Crippen LogP contribution in [0.4, 0.5) is 0 Å². The number of hydrogen-bond acceptors (Lipinski definition) is 2. The van der Waals surface area contributed by atoms with Crippen molar-refractivity contribution in [2.24, 2.45) is 22.7 Å². The van der Waals surface area contributed by atoms with Crippen LogP contribution < -0.4 is 0 Å². The first kappa shape index (κ1) is 16.4. The average Bonchev–Trinajstić information content (AvgIpc) is 3.03. The van der Waals surface area contributed by atoms with Crippen LogP contribution in [0.2, 0.25) is 0 Å². The number of aliphatic carboxylic acids is 1. The minimum Gasteiger partial charge on any atom is -0.481 e. The van der Waals surface area contributed by atoms with Crippen LogP contribution in [-0.2, 0) is 11.2 Å². The minimum absolute atomic E-state index is 0.0590. The summed E-state index contributed by atoms with van der Waals surface area (Å²) >= 11 is 0. The van der Waals surface area contributed by atoms with Crippen molar-refractivity contribution in [1.82, 2.24) is 0 Å². The van der Waals surface area contributed by atoms with Crippen LogP contribution in [0.25, 0.3) is 0 Å². The molecule has 3 rings (SSSR count). The molecule has 0 unspecified atom stereocenters. The lowest BCUT2D eigenvalue weighted by Gasteiger charge is -2.57. The van der Waals surface area contributed by atoms with Crippen LogP contribution in [0, 0.1) is 22.7 Å². The Kier molecular flexibility index (Phi) is 4.16. The summed E-state index contributed by atoms with van der Waals surface area (Å²) in [5, 5.41) is 10.1. The zero-order chi connectivity index (χ0) is 16.7. The Hall–Kier alpha value is -1.51. The Balaban J connectivity index is 1.94. The third kappa shape index (κ3) is 2.45. The van der Waals surface area contributed by atoms with Crippen molar-refractivity contribution in [3.8, 4) is 0 Å². The lowest BCUT2D eigenvalue weighted by molar-refractivity contribution is -0.162. The van der Waals surface area contributed by atoms with Gasteiger partial charge in [0.25, 0.3) is 0 Å². The van der Waals surface area contributed by atoms with Gasteiger partial charge in [0, 0.05) is 0 Å². The molecule has 1 aromatic heterocycles. The van der Waals surface area contributed by atoms with E-state index in [1.165, 1.54) is 5.56 Å². The second kappa shape index (κ2) is 5.85. The summed E-state index contributed by atoms with van der Waals surface area (Å²) in [4.78, 5) is 12.3. The number of hydrogen-bond donors (Lipinski definition) is 1. The van der Waals surface area contributed by atoms with Crippen molar-refractivity contribution < 1.29 is 14.3 Å². The topological polar surface area (TPSA) is 50.4 Å². The van der Waals surface area contributed by atoms with E-state index in [4.69, 9.17) is 4.42 Å². The van der Waals surface area contributed by atoms with Gasteiger partial charge in [-0.15, -0.1) is 0 Å². The van der Waals surface area contributed by atoms with Crippen molar-refractivity contribution in [2.75, 3.05) is 0 Å². The molecule has 1 heterocycles. The van der Waals surface area contributed by atoms with Crippen molar-refractivity contribution in [1.29, 1.82) is 0 Å². The van der Waals surface area contributed by atoms with Crippen LogP contribution in [-0.4, -0.2) is 11.1 Å². The SMILES string of the molecule is CC1=CCC[C@H]2[C@]1(C(=O)O)CC[C@@H](C)[C@]2(C)CCc1ccoc1. The molecule has 2 aliphatic rings. The number of carbonyl (C=O) groups is 1. The zero-order valence-electron chi connectivity index (χ0n) is 14.5. The van der Waals surface area contributed by atoms with Crippen LogP contribution in [0.1, 0.15) is 58.4 Å². The van der Waals surface area contributed by atoms with E-state index in [1.54, 1.807) is 6.26 Å². The first-order valence-corrected chi connectivity index (χ1v) is 8.83. The van der Waals surface area contributed by atoms with E-state index in [-0.39, 0.29) is 11.3 Å². The van der Waals surface area contributed by atoms with Gasteiger partial charge in [-0.1, -0.05) is 25.5 Å². The molecule has 1 fully saturated rings. The Morgan fingerprint density at radius 3 is 2.87 bits per heavy atom. The fraction of sp³-hybridized carbons (Fsp3) is 0.650. The van der Waals surface area contributed by atoms with E-state index < -0.39 is 11.4 Å². The molecule has 0 amide bonds. The highest BCUT2D eigenvalue weighted by atomic mass is 16.4. The molecule has 3 heteroatoms. The molecule has 23 heavy (non-hydrogen) atoms. The van der Waals surface area contributed by atoms with Crippen molar-refractivity contribution in [2.45, 2.75) is 59.3 Å². The van der Waals surface area contributed by atoms with Gasteiger partial charge >= 0.3 is 5.97 Å². The molecule has 126 valence electrons. The summed E-state index contributed by atoms with van der Waals surface area (Å²) in [6, 6.07) is 2.02. The highest BCUT2D eigenvalue weighted by Crippen LogP contribution is 2.62. The highest BCUT2D eigenvalue weighted by Gasteiger charge is 2.59. The fourth-order valence-electron chi connectivity index (χ4n) is 5.25. The van der Waals surface area contributed by atoms with Crippen molar-refractivity contribution in [3.63, 3.8) is 0 Å². The fourth-order valence-corrected chi connectivity index (χ4v) is 5.25. The number of allylic oxidation sites excluding steroid dienone is 1. The smallest absolute Gasteiger partial charge is 0.314 e. The van der Waals surface area contributed by atoms with Gasteiger partial charge in [0.05, 0.1) is 17.9 Å². The summed E-state index contributed by atoms with van der Waals surface area (Å²) in [6.45, 7) is 6.68. The predicted octanol–water partition coefficient (Wildman–Crippen LogP) is 5.08. The number of furan rings is 1. The summed E-state index contributed by atoms with van der Waals surface area (Å²) in [6.07, 6.45) is 11.5. The van der Waals surface area contributed by atoms with Crippen LogP contribution >= 0.6 is 0 Å². The molecule has 0 spiro atoms. The first-order chi connectivity index (χ1) is 10.9. The molecule has 0 bridgehead atoms. The molecular formula is C20H28O3. The maximum Gasteiger partial charge on any atom is 0.314 e. The highest BCUT2D eigenvalue weighted by molar-refractivity contribution is 5.79. The summed E-state index contributed by atoms with van der Waals surface area (Å²) in [5.41, 5.74) is 1.72. The summed E-state index contributed by atoms with van der Waals surface area (Å²) < 4.78 is 5.19. The summed E-state index contributed by atoms with van der Waals surface area (Å²) in [5.74, 6) is 0.170. The van der Waals surface area contributed by atoms with Gasteiger partial charge in [0.2, 0.25) is 0 Å². The van der Waals surface area contributed by atoms with E-state index in [0.717, 1.165) is 44.1 Å². The van der Waals surface area contributed by atoms with Crippen LogP contribution in [0.15, 0.2) is 34.7 Å². The standard InChI is InChI=1S/C20H28O3/c1-14-7-11-20(18(21)22)15(2)5-4-6-17(20)19(14,3)10-8-16-9-12-23-13-16/h5,9,12-14,17H,4,6-8,10-11H2,1-3H3,(H,21,22)/t14-,17-,19+,20+/m1/s1. The van der Waals surface area contributed by atoms with E-state index >= 15 is 0 Å². The predicted molar refractivity (Wildman–Crippen MR) is 90.1 cm³/mol. The Labute approximate surface area is 138 Å². The number of carboxylic acid groups (broad SMARTS) is 1. The van der Waals surface area contributed by atoms with E-state index in [2.05, 4.69) is 19.9 Å². The zero-order valence-corrected chi connectivity index (χ0v) is 14.5. The third-order valence-electron chi connectivity index (χ3n) is 7.01. The van der Waals surface area contributed by atoms with Gasteiger partial charge in [-0.2, -0.15) is 0 Å². The van der Waals surface area contributed by atoms with Crippen molar-refractivity contribution in [3.05, 3.63) is 35.8 Å². The van der Waals surface area contributed by atoms with Crippen LogP contribution in [0.3, 0.4) is 0 Å². The van der Waals surface area contributed by atoms with Gasteiger partial charge in [0.1, 0.15) is 0 Å². The van der Waals surface area contributed by atoms with Crippen molar-refractivity contribution >= 4 is 5.97 Å². The monoisotopic (exact) mass is 316 g/mol. The number of fused-ring (bicyclic) bond motifs is 1. The summed E-state index contributed by atoms with van der Waals surface area (Å²) in [7, 11) is 0. The Bertz CT molecular complexity index is 600. The van der Waals surface area contributed by atoms with E-state index in [9.17, 15) is 9.90 Å². The Morgan fingerprint density at radius 1 is 1.43 bits per heavy atom. The lowest BCUT2D eigenvalue weighted by atomic mass is 9.46. The molecule has 2 aliphatic carbocycles. The van der Waals surface area contributed by atoms with Crippen LogP contribution in [0.5, 0.6) is 0 Å².